The van der Waals surface area contributed by atoms with E-state index in [-0.39, 0.29) is 5.97 Å². The number of benzene rings is 1. The maximum Gasteiger partial charge on any atom is 0.337 e. The zero-order valence-corrected chi connectivity index (χ0v) is 10.1. The molecule has 0 aliphatic heterocycles. The predicted molar refractivity (Wildman–Crippen MR) is 65.8 cm³/mol. The molecule has 0 spiro atoms. The number of carbonyl (C=O) groups is 1. The Kier molecular flexibility index (Phi) is 4.29. The summed E-state index contributed by atoms with van der Waals surface area (Å²) in [5.41, 5.74) is 3.00. The second-order valence-electron chi connectivity index (χ2n) is 4.05. The SMILES string of the molecule is C=CCc1cc(C(=O)OC)ccc1C(C)C. The van der Waals surface area contributed by atoms with E-state index in [9.17, 15) is 4.79 Å². The lowest BCUT2D eigenvalue weighted by Gasteiger charge is -2.12. The third-order valence-corrected chi connectivity index (χ3v) is 2.55. The molecule has 1 aromatic rings. The molecule has 0 unspecified atom stereocenters. The summed E-state index contributed by atoms with van der Waals surface area (Å²) in [6, 6.07) is 5.70. The maximum absolute atomic E-state index is 11.4. The van der Waals surface area contributed by atoms with Crippen molar-refractivity contribution in [2.24, 2.45) is 0 Å². The Morgan fingerprint density at radius 1 is 1.50 bits per heavy atom. The zero-order chi connectivity index (χ0) is 12.1. The molecule has 0 aromatic heterocycles. The van der Waals surface area contributed by atoms with E-state index in [1.165, 1.54) is 12.7 Å². The van der Waals surface area contributed by atoms with Crippen LogP contribution >= 0.6 is 0 Å². The van der Waals surface area contributed by atoms with Gasteiger partial charge in [-0.2, -0.15) is 0 Å². The smallest absolute Gasteiger partial charge is 0.337 e. The summed E-state index contributed by atoms with van der Waals surface area (Å²) < 4.78 is 4.70. The molecule has 86 valence electrons. The summed E-state index contributed by atoms with van der Waals surface area (Å²) in [6.07, 6.45) is 2.63. The number of hydrogen-bond donors (Lipinski definition) is 0. The number of hydrogen-bond acceptors (Lipinski definition) is 2. The third kappa shape index (κ3) is 2.72. The summed E-state index contributed by atoms with van der Waals surface area (Å²) in [5.74, 6) is 0.155. The lowest BCUT2D eigenvalue weighted by Crippen LogP contribution is -2.04. The molecule has 0 aliphatic rings. The van der Waals surface area contributed by atoms with E-state index in [0.29, 0.717) is 11.5 Å². The van der Waals surface area contributed by atoms with Gasteiger partial charge in [0, 0.05) is 0 Å². The van der Waals surface area contributed by atoms with Crippen LogP contribution in [0.4, 0.5) is 0 Å². The molecule has 0 radical (unpaired) electrons. The fraction of sp³-hybridized carbons (Fsp3) is 0.357. The first-order chi connectivity index (χ1) is 7.60. The minimum absolute atomic E-state index is 0.291. The molecule has 0 amide bonds. The van der Waals surface area contributed by atoms with Crippen molar-refractivity contribution in [2.75, 3.05) is 7.11 Å². The van der Waals surface area contributed by atoms with Crippen molar-refractivity contribution in [1.29, 1.82) is 0 Å². The van der Waals surface area contributed by atoms with Crippen LogP contribution in [0.1, 0.15) is 41.3 Å². The van der Waals surface area contributed by atoms with Gasteiger partial charge in [0.15, 0.2) is 0 Å². The maximum atomic E-state index is 11.4. The van der Waals surface area contributed by atoms with Crippen molar-refractivity contribution in [1.82, 2.24) is 0 Å². The molecule has 0 N–H and O–H groups in total. The largest absolute Gasteiger partial charge is 0.465 e. The highest BCUT2D eigenvalue weighted by molar-refractivity contribution is 5.89. The number of carbonyl (C=O) groups excluding carboxylic acids is 1. The second kappa shape index (κ2) is 5.50. The van der Waals surface area contributed by atoms with Crippen molar-refractivity contribution in [3.8, 4) is 0 Å². The van der Waals surface area contributed by atoms with Gasteiger partial charge in [-0.1, -0.05) is 26.0 Å². The normalized spacial score (nSPS) is 10.2. The Balaban J connectivity index is 3.16. The van der Waals surface area contributed by atoms with Crippen molar-refractivity contribution >= 4 is 5.97 Å². The highest BCUT2D eigenvalue weighted by atomic mass is 16.5. The molecule has 0 aliphatic carbocycles. The zero-order valence-electron chi connectivity index (χ0n) is 10.1. The van der Waals surface area contributed by atoms with Gasteiger partial charge in [-0.15, -0.1) is 6.58 Å². The van der Waals surface area contributed by atoms with E-state index in [2.05, 4.69) is 20.4 Å². The summed E-state index contributed by atoms with van der Waals surface area (Å²) >= 11 is 0. The highest BCUT2D eigenvalue weighted by Crippen LogP contribution is 2.22. The Hall–Kier alpha value is -1.57. The van der Waals surface area contributed by atoms with Crippen LogP contribution in [0.3, 0.4) is 0 Å². The van der Waals surface area contributed by atoms with E-state index >= 15 is 0 Å². The fourth-order valence-electron chi connectivity index (χ4n) is 1.75. The average molecular weight is 218 g/mol. The van der Waals surface area contributed by atoms with Gasteiger partial charge in [0.2, 0.25) is 0 Å². The summed E-state index contributed by atoms with van der Waals surface area (Å²) in [5, 5.41) is 0. The van der Waals surface area contributed by atoms with Gasteiger partial charge in [0.1, 0.15) is 0 Å². The molecule has 0 bridgehead atoms. The Morgan fingerprint density at radius 2 is 2.19 bits per heavy atom. The molecule has 0 saturated heterocycles. The van der Waals surface area contributed by atoms with Crippen molar-refractivity contribution < 1.29 is 9.53 Å². The van der Waals surface area contributed by atoms with Gasteiger partial charge in [0.25, 0.3) is 0 Å². The molecule has 0 saturated carbocycles. The third-order valence-electron chi connectivity index (χ3n) is 2.55. The molecule has 2 heteroatoms. The Morgan fingerprint density at radius 3 is 2.69 bits per heavy atom. The van der Waals surface area contributed by atoms with Gasteiger partial charge in [0.05, 0.1) is 12.7 Å². The average Bonchev–Trinajstić information content (AvgIpc) is 2.28. The van der Waals surface area contributed by atoms with Gasteiger partial charge in [-0.3, -0.25) is 0 Å². The van der Waals surface area contributed by atoms with E-state index in [4.69, 9.17) is 4.74 Å². The van der Waals surface area contributed by atoms with Crippen LogP contribution in [0.25, 0.3) is 0 Å². The van der Waals surface area contributed by atoms with Gasteiger partial charge >= 0.3 is 5.97 Å². The van der Waals surface area contributed by atoms with Crippen LogP contribution < -0.4 is 0 Å². The molecule has 16 heavy (non-hydrogen) atoms. The van der Waals surface area contributed by atoms with Gasteiger partial charge in [-0.25, -0.2) is 4.79 Å². The topological polar surface area (TPSA) is 26.3 Å². The van der Waals surface area contributed by atoms with Crippen LogP contribution in [0.2, 0.25) is 0 Å². The number of rotatable bonds is 4. The first-order valence-corrected chi connectivity index (χ1v) is 5.42. The molecule has 0 fully saturated rings. The van der Waals surface area contributed by atoms with Crippen LogP contribution in [0, 0.1) is 0 Å². The molecule has 0 heterocycles. The highest BCUT2D eigenvalue weighted by Gasteiger charge is 2.10. The van der Waals surface area contributed by atoms with E-state index in [1.54, 1.807) is 0 Å². The van der Waals surface area contributed by atoms with E-state index in [0.717, 1.165) is 12.0 Å². The summed E-state index contributed by atoms with van der Waals surface area (Å²) in [4.78, 5) is 11.4. The van der Waals surface area contributed by atoms with Crippen molar-refractivity contribution in [3.63, 3.8) is 0 Å². The number of allylic oxidation sites excluding steroid dienone is 1. The van der Waals surface area contributed by atoms with Crippen LogP contribution in [0.15, 0.2) is 30.9 Å². The summed E-state index contributed by atoms with van der Waals surface area (Å²) in [7, 11) is 1.39. The molecular formula is C14H18O2. The Labute approximate surface area is 96.9 Å². The first kappa shape index (κ1) is 12.5. The Bertz CT molecular complexity index is 392. The molecule has 2 nitrogen and oxygen atoms in total. The number of methoxy groups -OCH3 is 1. The monoisotopic (exact) mass is 218 g/mol. The quantitative estimate of drug-likeness (QED) is 0.572. The number of ether oxygens (including phenoxy) is 1. The minimum Gasteiger partial charge on any atom is -0.465 e. The van der Waals surface area contributed by atoms with E-state index < -0.39 is 0 Å². The second-order valence-corrected chi connectivity index (χ2v) is 4.05. The van der Waals surface area contributed by atoms with Crippen LogP contribution in [-0.2, 0) is 11.2 Å². The summed E-state index contributed by atoms with van der Waals surface area (Å²) in [6.45, 7) is 8.01. The van der Waals surface area contributed by atoms with Crippen LogP contribution in [-0.4, -0.2) is 13.1 Å². The lowest BCUT2D eigenvalue weighted by atomic mass is 9.93. The van der Waals surface area contributed by atoms with Gasteiger partial charge in [-0.05, 0) is 35.6 Å². The number of esters is 1. The van der Waals surface area contributed by atoms with Crippen LogP contribution in [0.5, 0.6) is 0 Å². The minimum atomic E-state index is -0.291. The fourth-order valence-corrected chi connectivity index (χ4v) is 1.75. The van der Waals surface area contributed by atoms with Crippen molar-refractivity contribution in [3.05, 3.63) is 47.5 Å². The van der Waals surface area contributed by atoms with E-state index in [1.807, 2.05) is 24.3 Å². The molecule has 0 atom stereocenters. The van der Waals surface area contributed by atoms with Crippen molar-refractivity contribution in [2.45, 2.75) is 26.2 Å². The molecule has 1 aromatic carbocycles. The lowest BCUT2D eigenvalue weighted by molar-refractivity contribution is 0.0600. The van der Waals surface area contributed by atoms with Gasteiger partial charge < -0.3 is 4.74 Å². The predicted octanol–water partition coefficient (Wildman–Crippen LogP) is 3.33. The standard InChI is InChI=1S/C14H18O2/c1-5-6-11-9-12(14(15)16-4)7-8-13(11)10(2)3/h5,7-10H,1,6H2,2-4H3. The first-order valence-electron chi connectivity index (χ1n) is 5.42. The molecule has 1 rings (SSSR count). The molecular weight excluding hydrogens is 200 g/mol.